The summed E-state index contributed by atoms with van der Waals surface area (Å²) in [5.41, 5.74) is 2.14. The molecule has 0 fully saturated rings. The highest BCUT2D eigenvalue weighted by atomic mass is 16.2. The van der Waals surface area contributed by atoms with Crippen molar-refractivity contribution < 1.29 is 9.90 Å². The predicted molar refractivity (Wildman–Crippen MR) is 79.5 cm³/mol. The highest BCUT2D eigenvalue weighted by Crippen LogP contribution is 2.14. The third kappa shape index (κ3) is 3.94. The molecule has 5 nitrogen and oxygen atoms in total. The molecule has 5 heteroatoms. The summed E-state index contributed by atoms with van der Waals surface area (Å²) in [4.78, 5) is 12.1. The molecule has 2 N–H and O–H groups in total. The Balaban J connectivity index is 2.09. The molecule has 1 heterocycles. The van der Waals surface area contributed by atoms with Gasteiger partial charge in [-0.25, -0.2) is 0 Å². The van der Waals surface area contributed by atoms with Crippen molar-refractivity contribution in [3.63, 3.8) is 0 Å². The maximum absolute atomic E-state index is 12.1. The first-order valence-electron chi connectivity index (χ1n) is 6.60. The maximum atomic E-state index is 12.1. The van der Waals surface area contributed by atoms with E-state index in [0.29, 0.717) is 5.69 Å². The Kier molecular flexibility index (Phi) is 4.75. The van der Waals surface area contributed by atoms with Crippen molar-refractivity contribution in [2.24, 2.45) is 7.05 Å². The minimum absolute atomic E-state index is 0.157. The smallest absolute Gasteiger partial charge is 0.272 e. The quantitative estimate of drug-likeness (QED) is 0.833. The molecule has 0 aliphatic carbocycles. The second-order valence-corrected chi connectivity index (χ2v) is 4.66. The zero-order valence-electron chi connectivity index (χ0n) is 12.0. The average molecular weight is 283 g/mol. The van der Waals surface area contributed by atoms with E-state index in [4.69, 9.17) is 5.11 Å². The molecule has 1 amide bonds. The lowest BCUT2D eigenvalue weighted by atomic mass is 10.1. The molecule has 2 aromatic rings. The number of amides is 1. The molecule has 0 saturated heterocycles. The van der Waals surface area contributed by atoms with E-state index in [1.54, 1.807) is 24.0 Å². The number of aliphatic hydroxyl groups excluding tert-OH is 1. The number of aromatic nitrogens is 2. The van der Waals surface area contributed by atoms with E-state index < -0.39 is 0 Å². The van der Waals surface area contributed by atoms with Crippen molar-refractivity contribution in [2.45, 2.75) is 13.0 Å². The normalized spacial score (nSPS) is 11.4. The number of nitrogens with one attached hydrogen (secondary N) is 1. The standard InChI is InChI=1S/C16H17N3O2/c1-12(17-16(21)15-8-9-19(2)18-15)14-7-3-5-13(11-14)6-4-10-20/h3,5,7-9,11-12,20H,10H2,1-2H3,(H,17,21). The summed E-state index contributed by atoms with van der Waals surface area (Å²) in [5.74, 6) is 5.24. The Hall–Kier alpha value is -2.58. The molecule has 0 saturated carbocycles. The molecule has 1 aromatic carbocycles. The van der Waals surface area contributed by atoms with E-state index in [1.807, 2.05) is 31.2 Å². The van der Waals surface area contributed by atoms with Gasteiger partial charge in [0, 0.05) is 18.8 Å². The highest BCUT2D eigenvalue weighted by molar-refractivity contribution is 5.92. The lowest BCUT2D eigenvalue weighted by Crippen LogP contribution is -2.27. The number of aliphatic hydroxyl groups is 1. The van der Waals surface area contributed by atoms with Crippen LogP contribution in [0.5, 0.6) is 0 Å². The van der Waals surface area contributed by atoms with Crippen LogP contribution in [0, 0.1) is 11.8 Å². The van der Waals surface area contributed by atoms with Crippen molar-refractivity contribution >= 4 is 5.91 Å². The number of hydrogen-bond donors (Lipinski definition) is 2. The first-order valence-corrected chi connectivity index (χ1v) is 6.60. The number of nitrogens with zero attached hydrogens (tertiary/aromatic N) is 2. The fourth-order valence-electron chi connectivity index (χ4n) is 1.92. The van der Waals surface area contributed by atoms with Gasteiger partial charge < -0.3 is 10.4 Å². The molecule has 2 rings (SSSR count). The minimum Gasteiger partial charge on any atom is -0.384 e. The van der Waals surface area contributed by atoms with Gasteiger partial charge in [-0.3, -0.25) is 9.48 Å². The number of carbonyl (C=O) groups is 1. The fourth-order valence-corrected chi connectivity index (χ4v) is 1.92. The van der Waals surface area contributed by atoms with Crippen LogP contribution >= 0.6 is 0 Å². The van der Waals surface area contributed by atoms with Gasteiger partial charge in [0.25, 0.3) is 5.91 Å². The highest BCUT2D eigenvalue weighted by Gasteiger charge is 2.13. The van der Waals surface area contributed by atoms with Crippen LogP contribution in [0.1, 0.15) is 34.6 Å². The number of carbonyl (C=O) groups excluding carboxylic acids is 1. The molecular weight excluding hydrogens is 266 g/mol. The van der Waals surface area contributed by atoms with Crippen LogP contribution in [0.4, 0.5) is 0 Å². The Morgan fingerprint density at radius 1 is 1.48 bits per heavy atom. The Morgan fingerprint density at radius 2 is 2.29 bits per heavy atom. The Labute approximate surface area is 123 Å². The molecule has 21 heavy (non-hydrogen) atoms. The van der Waals surface area contributed by atoms with E-state index in [-0.39, 0.29) is 18.6 Å². The van der Waals surface area contributed by atoms with Crippen LogP contribution in [0.3, 0.4) is 0 Å². The van der Waals surface area contributed by atoms with E-state index in [2.05, 4.69) is 22.3 Å². The number of hydrogen-bond acceptors (Lipinski definition) is 3. The summed E-state index contributed by atoms with van der Waals surface area (Å²) in [7, 11) is 1.77. The van der Waals surface area contributed by atoms with Crippen LogP contribution in [-0.2, 0) is 7.05 Å². The van der Waals surface area contributed by atoms with Crippen LogP contribution in [0.15, 0.2) is 36.5 Å². The third-order valence-corrected chi connectivity index (χ3v) is 2.99. The summed E-state index contributed by atoms with van der Waals surface area (Å²) in [6.45, 7) is 1.73. The fraction of sp³-hybridized carbons (Fsp3) is 0.250. The number of benzene rings is 1. The average Bonchev–Trinajstić information content (AvgIpc) is 2.92. The summed E-state index contributed by atoms with van der Waals surface area (Å²) in [6.07, 6.45) is 1.73. The van der Waals surface area contributed by atoms with Gasteiger partial charge in [0.2, 0.25) is 0 Å². The van der Waals surface area contributed by atoms with Crippen molar-refractivity contribution in [2.75, 3.05) is 6.61 Å². The first kappa shape index (κ1) is 14.8. The number of rotatable bonds is 3. The van der Waals surface area contributed by atoms with Crippen molar-refractivity contribution in [3.05, 3.63) is 53.3 Å². The Bertz CT molecular complexity index is 695. The summed E-state index contributed by atoms with van der Waals surface area (Å²) in [6, 6.07) is 9.07. The van der Waals surface area contributed by atoms with Crippen LogP contribution in [0.2, 0.25) is 0 Å². The zero-order valence-corrected chi connectivity index (χ0v) is 12.0. The van der Waals surface area contributed by atoms with E-state index >= 15 is 0 Å². The summed E-state index contributed by atoms with van der Waals surface area (Å²) in [5, 5.41) is 15.7. The summed E-state index contributed by atoms with van der Waals surface area (Å²) < 4.78 is 1.59. The third-order valence-electron chi connectivity index (χ3n) is 2.99. The molecule has 1 aromatic heterocycles. The van der Waals surface area contributed by atoms with Gasteiger partial charge in [-0.1, -0.05) is 24.0 Å². The van der Waals surface area contributed by atoms with E-state index in [0.717, 1.165) is 11.1 Å². The van der Waals surface area contributed by atoms with Crippen molar-refractivity contribution in [3.8, 4) is 11.8 Å². The van der Waals surface area contributed by atoms with Gasteiger partial charge in [0.05, 0.1) is 6.04 Å². The topological polar surface area (TPSA) is 67.2 Å². The molecule has 0 bridgehead atoms. The predicted octanol–water partition coefficient (Wildman–Crippen LogP) is 1.25. The molecule has 0 spiro atoms. The molecular formula is C16H17N3O2. The van der Waals surface area contributed by atoms with Gasteiger partial charge in [-0.2, -0.15) is 5.10 Å². The van der Waals surface area contributed by atoms with Crippen molar-refractivity contribution in [1.82, 2.24) is 15.1 Å². The molecule has 108 valence electrons. The maximum Gasteiger partial charge on any atom is 0.272 e. The van der Waals surface area contributed by atoms with Gasteiger partial charge in [-0.15, -0.1) is 0 Å². The van der Waals surface area contributed by atoms with E-state index in [1.165, 1.54) is 0 Å². The van der Waals surface area contributed by atoms with Gasteiger partial charge >= 0.3 is 0 Å². The lowest BCUT2D eigenvalue weighted by molar-refractivity contribution is 0.0934. The monoisotopic (exact) mass is 283 g/mol. The second kappa shape index (κ2) is 6.73. The van der Waals surface area contributed by atoms with Gasteiger partial charge in [0.15, 0.2) is 0 Å². The van der Waals surface area contributed by atoms with Crippen LogP contribution in [-0.4, -0.2) is 27.4 Å². The SMILES string of the molecule is CC(NC(=O)c1ccn(C)n1)c1cccc(C#CCO)c1. The number of aryl methyl sites for hydroxylation is 1. The van der Waals surface area contributed by atoms with Crippen LogP contribution < -0.4 is 5.32 Å². The minimum atomic E-state index is -0.213. The lowest BCUT2D eigenvalue weighted by Gasteiger charge is -2.13. The largest absolute Gasteiger partial charge is 0.384 e. The van der Waals surface area contributed by atoms with Gasteiger partial charge in [0.1, 0.15) is 12.3 Å². The molecule has 0 aliphatic rings. The molecule has 1 unspecified atom stereocenters. The first-order chi connectivity index (χ1) is 10.1. The molecule has 0 radical (unpaired) electrons. The van der Waals surface area contributed by atoms with Crippen molar-refractivity contribution in [1.29, 1.82) is 0 Å². The van der Waals surface area contributed by atoms with E-state index in [9.17, 15) is 4.79 Å². The van der Waals surface area contributed by atoms with Gasteiger partial charge in [-0.05, 0) is 30.7 Å². The summed E-state index contributed by atoms with van der Waals surface area (Å²) >= 11 is 0. The second-order valence-electron chi connectivity index (χ2n) is 4.66. The molecule has 1 atom stereocenters. The zero-order chi connectivity index (χ0) is 15.2. The molecule has 0 aliphatic heterocycles. The Morgan fingerprint density at radius 3 is 2.95 bits per heavy atom. The van der Waals surface area contributed by atoms with Crippen LogP contribution in [0.25, 0.3) is 0 Å².